The molecule has 4 heteroatoms. The van der Waals surface area contributed by atoms with Crippen molar-refractivity contribution in [2.75, 3.05) is 18.9 Å². The van der Waals surface area contributed by atoms with E-state index in [9.17, 15) is 4.79 Å². The first-order chi connectivity index (χ1) is 8.13. The van der Waals surface area contributed by atoms with E-state index in [0.717, 1.165) is 24.2 Å². The van der Waals surface area contributed by atoms with Crippen LogP contribution in [-0.2, 0) is 15.1 Å². The number of fused-ring (bicyclic) bond motifs is 2. The van der Waals surface area contributed by atoms with Gasteiger partial charge in [-0.1, -0.05) is 18.2 Å². The Balaban J connectivity index is 2.15. The second kappa shape index (κ2) is 3.47. The summed E-state index contributed by atoms with van der Waals surface area (Å²) in [5, 5.41) is 3.25. The molecule has 1 spiro atoms. The van der Waals surface area contributed by atoms with Gasteiger partial charge in [-0.05, 0) is 13.0 Å². The number of carbonyl (C=O) groups excluding carboxylic acids is 1. The Labute approximate surface area is 101 Å². The minimum atomic E-state index is -0.768. The average molecular weight is 232 g/mol. The molecular weight excluding hydrogens is 216 g/mol. The fourth-order valence-electron chi connectivity index (χ4n) is 2.78. The fraction of sp³-hybridized carbons (Fsp3) is 0.462. The number of likely N-dealkylation sites (tertiary alicyclic amines) is 1. The van der Waals surface area contributed by atoms with Crippen LogP contribution in [-0.4, -0.2) is 30.6 Å². The second-order valence-electron chi connectivity index (χ2n) is 4.75. The predicted molar refractivity (Wildman–Crippen MR) is 64.5 cm³/mol. The van der Waals surface area contributed by atoms with Crippen LogP contribution in [0.1, 0.15) is 18.9 Å². The largest absolute Gasteiger partial charge is 0.360 e. The second-order valence-corrected chi connectivity index (χ2v) is 4.75. The van der Waals surface area contributed by atoms with Crippen molar-refractivity contribution in [2.24, 2.45) is 0 Å². The summed E-state index contributed by atoms with van der Waals surface area (Å²) in [7, 11) is 1.83. The number of amides is 1. The van der Waals surface area contributed by atoms with E-state index in [1.54, 1.807) is 4.90 Å². The summed E-state index contributed by atoms with van der Waals surface area (Å²) in [6, 6.07) is 7.90. The molecule has 1 N–H and O–H groups in total. The normalized spacial score (nSPS) is 31.5. The van der Waals surface area contributed by atoms with E-state index in [1.165, 1.54) is 0 Å². The highest BCUT2D eigenvalue weighted by molar-refractivity contribution is 5.90. The minimum absolute atomic E-state index is 0.0679. The molecule has 2 heterocycles. The fourth-order valence-corrected chi connectivity index (χ4v) is 2.78. The van der Waals surface area contributed by atoms with Crippen molar-refractivity contribution in [3.05, 3.63) is 29.8 Å². The molecule has 0 aliphatic carbocycles. The van der Waals surface area contributed by atoms with Gasteiger partial charge in [0.25, 0.3) is 5.91 Å². The lowest BCUT2D eigenvalue weighted by molar-refractivity contribution is -0.156. The first-order valence-electron chi connectivity index (χ1n) is 5.93. The number of carbonyl (C=O) groups is 1. The number of benzene rings is 1. The average Bonchev–Trinajstić information content (AvgIpc) is 2.59. The summed E-state index contributed by atoms with van der Waals surface area (Å²) >= 11 is 0. The molecule has 1 saturated heterocycles. The van der Waals surface area contributed by atoms with Crippen molar-refractivity contribution >= 4 is 11.6 Å². The molecule has 2 aliphatic rings. The van der Waals surface area contributed by atoms with Gasteiger partial charge in [-0.25, -0.2) is 0 Å². The topological polar surface area (TPSA) is 41.6 Å². The first-order valence-corrected chi connectivity index (χ1v) is 5.93. The van der Waals surface area contributed by atoms with Crippen molar-refractivity contribution in [2.45, 2.75) is 25.2 Å². The summed E-state index contributed by atoms with van der Waals surface area (Å²) in [6.07, 6.45) is 0.589. The number of nitrogens with zero attached hydrogens (tertiary/aromatic N) is 1. The van der Waals surface area contributed by atoms with E-state index in [2.05, 4.69) is 5.32 Å². The van der Waals surface area contributed by atoms with Crippen molar-refractivity contribution in [3.8, 4) is 0 Å². The Bertz CT molecular complexity index is 474. The quantitative estimate of drug-likeness (QED) is 0.737. The lowest BCUT2D eigenvalue weighted by atomic mass is 9.89. The molecule has 1 fully saturated rings. The van der Waals surface area contributed by atoms with Gasteiger partial charge in [0, 0.05) is 31.3 Å². The summed E-state index contributed by atoms with van der Waals surface area (Å²) in [4.78, 5) is 14.1. The zero-order valence-corrected chi connectivity index (χ0v) is 10.1. The maximum atomic E-state index is 12.4. The molecule has 0 aromatic heterocycles. The lowest BCUT2D eigenvalue weighted by Crippen LogP contribution is -2.46. The third kappa shape index (κ3) is 1.37. The van der Waals surface area contributed by atoms with E-state index < -0.39 is 5.60 Å². The molecule has 2 aliphatic heterocycles. The Hall–Kier alpha value is -1.55. The van der Waals surface area contributed by atoms with E-state index in [4.69, 9.17) is 4.74 Å². The van der Waals surface area contributed by atoms with Crippen molar-refractivity contribution in [1.82, 2.24) is 4.90 Å². The van der Waals surface area contributed by atoms with Crippen LogP contribution in [0.15, 0.2) is 24.3 Å². The summed E-state index contributed by atoms with van der Waals surface area (Å²) in [5.41, 5.74) is 1.21. The van der Waals surface area contributed by atoms with Crippen LogP contribution in [0, 0.1) is 0 Å². The lowest BCUT2D eigenvalue weighted by Gasteiger charge is -2.38. The third-order valence-corrected chi connectivity index (χ3v) is 3.59. The molecule has 1 aromatic carbocycles. The SMILES string of the molecule is C[C@H]1Nc2ccccc2[C@@]2(CCN(C)C2=O)O1. The molecule has 1 amide bonds. The van der Waals surface area contributed by atoms with E-state index in [0.29, 0.717) is 0 Å². The number of ether oxygens (including phenoxy) is 1. The molecule has 0 bridgehead atoms. The van der Waals surface area contributed by atoms with Crippen molar-refractivity contribution in [3.63, 3.8) is 0 Å². The van der Waals surface area contributed by atoms with Gasteiger partial charge in [0.1, 0.15) is 6.23 Å². The van der Waals surface area contributed by atoms with Crippen LogP contribution in [0.2, 0.25) is 0 Å². The standard InChI is InChI=1S/C13H16N2O2/c1-9-14-11-6-4-3-5-10(11)13(17-9)7-8-15(2)12(13)16/h3-6,9,14H,7-8H2,1-2H3/t9-,13+/m0/s1. The van der Waals surface area contributed by atoms with E-state index in [1.807, 2.05) is 38.2 Å². The van der Waals surface area contributed by atoms with Gasteiger partial charge in [-0.2, -0.15) is 0 Å². The third-order valence-electron chi connectivity index (χ3n) is 3.59. The maximum Gasteiger partial charge on any atom is 0.259 e. The number of para-hydroxylation sites is 1. The summed E-state index contributed by atoms with van der Waals surface area (Å²) in [5.74, 6) is 0.0679. The first kappa shape index (κ1) is 10.6. The zero-order valence-electron chi connectivity index (χ0n) is 10.1. The Morgan fingerprint density at radius 3 is 2.94 bits per heavy atom. The van der Waals surface area contributed by atoms with E-state index in [-0.39, 0.29) is 12.1 Å². The monoisotopic (exact) mass is 232 g/mol. The van der Waals surface area contributed by atoms with Crippen LogP contribution >= 0.6 is 0 Å². The maximum absolute atomic E-state index is 12.4. The number of hydrogen-bond acceptors (Lipinski definition) is 3. The van der Waals surface area contributed by atoms with Gasteiger partial charge in [0.05, 0.1) is 0 Å². The van der Waals surface area contributed by atoms with E-state index >= 15 is 0 Å². The number of likely N-dealkylation sites (N-methyl/N-ethyl adjacent to an activating group) is 1. The summed E-state index contributed by atoms with van der Waals surface area (Å²) in [6.45, 7) is 2.68. The minimum Gasteiger partial charge on any atom is -0.360 e. The highest BCUT2D eigenvalue weighted by Crippen LogP contribution is 2.43. The van der Waals surface area contributed by atoms with Gasteiger partial charge >= 0.3 is 0 Å². The number of hydrogen-bond donors (Lipinski definition) is 1. The molecule has 90 valence electrons. The molecule has 17 heavy (non-hydrogen) atoms. The van der Waals surface area contributed by atoms with Crippen LogP contribution < -0.4 is 5.32 Å². The Kier molecular flexibility index (Phi) is 2.16. The molecule has 1 aromatic rings. The highest BCUT2D eigenvalue weighted by Gasteiger charge is 2.52. The molecular formula is C13H16N2O2. The van der Waals surface area contributed by atoms with Crippen LogP contribution in [0.5, 0.6) is 0 Å². The van der Waals surface area contributed by atoms with Crippen molar-refractivity contribution < 1.29 is 9.53 Å². The Morgan fingerprint density at radius 1 is 1.47 bits per heavy atom. The molecule has 3 rings (SSSR count). The van der Waals surface area contributed by atoms with Gasteiger partial charge in [-0.15, -0.1) is 0 Å². The smallest absolute Gasteiger partial charge is 0.259 e. The molecule has 4 nitrogen and oxygen atoms in total. The van der Waals surface area contributed by atoms with Crippen molar-refractivity contribution in [1.29, 1.82) is 0 Å². The van der Waals surface area contributed by atoms with Gasteiger partial charge in [0.2, 0.25) is 0 Å². The van der Waals surface area contributed by atoms with Gasteiger partial charge < -0.3 is 15.0 Å². The molecule has 2 atom stereocenters. The number of anilines is 1. The van der Waals surface area contributed by atoms with Crippen LogP contribution in [0.3, 0.4) is 0 Å². The highest BCUT2D eigenvalue weighted by atomic mass is 16.5. The molecule has 0 unspecified atom stereocenters. The number of nitrogens with one attached hydrogen (secondary N) is 1. The molecule has 0 radical (unpaired) electrons. The van der Waals surface area contributed by atoms with Gasteiger partial charge in [0.15, 0.2) is 5.60 Å². The Morgan fingerprint density at radius 2 is 2.24 bits per heavy atom. The number of rotatable bonds is 0. The van der Waals surface area contributed by atoms with Crippen LogP contribution in [0.25, 0.3) is 0 Å². The summed E-state index contributed by atoms with van der Waals surface area (Å²) < 4.78 is 5.94. The predicted octanol–water partition coefficient (Wildman–Crippen LogP) is 1.53. The zero-order chi connectivity index (χ0) is 12.0. The van der Waals surface area contributed by atoms with Crippen LogP contribution in [0.4, 0.5) is 5.69 Å². The van der Waals surface area contributed by atoms with Gasteiger partial charge in [-0.3, -0.25) is 4.79 Å². The molecule has 0 saturated carbocycles.